The van der Waals surface area contributed by atoms with Crippen LogP contribution in [0, 0.1) is 23.6 Å². The van der Waals surface area contributed by atoms with Gasteiger partial charge in [0.25, 0.3) is 0 Å². The second kappa shape index (κ2) is 7.06. The van der Waals surface area contributed by atoms with Gasteiger partial charge in [0.1, 0.15) is 12.3 Å². The number of piperazine rings is 1. The number of halogens is 1. The van der Waals surface area contributed by atoms with Crippen LogP contribution in [0.3, 0.4) is 0 Å². The fourth-order valence-electron chi connectivity index (χ4n) is 4.05. The van der Waals surface area contributed by atoms with Gasteiger partial charge in [-0.05, 0) is 26.8 Å². The Balaban J connectivity index is 1.72. The molecule has 1 aromatic carbocycles. The van der Waals surface area contributed by atoms with E-state index >= 15 is 4.39 Å². The lowest BCUT2D eigenvalue weighted by Crippen LogP contribution is -2.53. The maximum atomic E-state index is 15.2. The highest BCUT2D eigenvalue weighted by molar-refractivity contribution is 5.96. The van der Waals surface area contributed by atoms with Gasteiger partial charge in [0.05, 0.1) is 22.8 Å². The molecule has 1 saturated heterocycles. The molecule has 0 saturated carbocycles. The molecule has 2 aliphatic rings. The van der Waals surface area contributed by atoms with Crippen molar-refractivity contribution in [3.05, 3.63) is 33.9 Å². The van der Waals surface area contributed by atoms with Crippen LogP contribution in [-0.4, -0.2) is 54.0 Å². The zero-order valence-electron chi connectivity index (χ0n) is 16.8. The van der Waals surface area contributed by atoms with Gasteiger partial charge < -0.3 is 24.4 Å². The minimum Gasteiger partial charge on any atom is -0.487 e. The lowest BCUT2D eigenvalue weighted by molar-refractivity contribution is 0.245. The average Bonchev–Trinajstić information content (AvgIpc) is 2.67. The first-order valence-corrected chi connectivity index (χ1v) is 9.69. The number of aromatic nitrogens is 1. The van der Waals surface area contributed by atoms with Gasteiger partial charge in [0, 0.05) is 37.9 Å². The molecule has 0 radical (unpaired) electrons. The maximum absolute atomic E-state index is 15.2. The van der Waals surface area contributed by atoms with Gasteiger partial charge in [-0.2, -0.15) is 0 Å². The van der Waals surface area contributed by atoms with Crippen LogP contribution >= 0.6 is 0 Å². The average molecular weight is 400 g/mol. The molecular weight excluding hydrogens is 375 g/mol. The normalized spacial score (nSPS) is 18.6. The maximum Gasteiger partial charge on any atom is 0.196 e. The molecule has 1 aromatic heterocycles. The Morgan fingerprint density at radius 2 is 1.97 bits per heavy atom. The molecule has 0 aliphatic carbocycles. The van der Waals surface area contributed by atoms with E-state index in [1.807, 2.05) is 27.5 Å². The predicted octanol–water partition coefficient (Wildman–Crippen LogP) is 2.05. The van der Waals surface area contributed by atoms with E-state index in [4.69, 9.17) is 15.6 Å². The van der Waals surface area contributed by atoms with E-state index in [-0.39, 0.29) is 23.3 Å². The van der Waals surface area contributed by atoms with Crippen molar-refractivity contribution in [3.63, 3.8) is 0 Å². The number of rotatable bonds is 1. The quantitative estimate of drug-likeness (QED) is 0.503. The standard InChI is InChI=1S/C20H25FN6O2/c1-11-9-27-12(2)10-29-19-16(27)14(18(11)28)8-15(21)17(19)25-4-6-26(7-5-25)20(23)24-13(3)22/h8-9,12H,4-7,10H2,1-3H3,(H3,22,23,24)/t12-/m0/s1. The van der Waals surface area contributed by atoms with Gasteiger partial charge in [-0.15, -0.1) is 0 Å². The summed E-state index contributed by atoms with van der Waals surface area (Å²) in [6.07, 6.45) is 1.83. The third-order valence-corrected chi connectivity index (χ3v) is 5.54. The number of hydrogen-bond acceptors (Lipinski definition) is 5. The van der Waals surface area contributed by atoms with Gasteiger partial charge in [-0.1, -0.05) is 0 Å². The van der Waals surface area contributed by atoms with Crippen LogP contribution in [0.2, 0.25) is 0 Å². The first-order chi connectivity index (χ1) is 13.8. The summed E-state index contributed by atoms with van der Waals surface area (Å²) in [4.78, 5) is 16.4. The van der Waals surface area contributed by atoms with Gasteiger partial charge in [-0.25, -0.2) is 4.39 Å². The van der Waals surface area contributed by atoms with Gasteiger partial charge >= 0.3 is 0 Å². The Kier molecular flexibility index (Phi) is 4.68. The van der Waals surface area contributed by atoms with Crippen LogP contribution in [-0.2, 0) is 0 Å². The first-order valence-electron chi connectivity index (χ1n) is 9.69. The lowest BCUT2D eigenvalue weighted by atomic mass is 10.1. The molecule has 1 fully saturated rings. The number of aryl methyl sites for hydroxylation is 1. The highest BCUT2D eigenvalue weighted by atomic mass is 19.1. The Bertz CT molecular complexity index is 1070. The van der Waals surface area contributed by atoms with Gasteiger partial charge in [0.15, 0.2) is 23.0 Å². The molecule has 154 valence electrons. The second-order valence-electron chi connectivity index (χ2n) is 7.71. The summed E-state index contributed by atoms with van der Waals surface area (Å²) in [5, 5.41) is 18.5. The van der Waals surface area contributed by atoms with Crippen LogP contribution in [0.1, 0.15) is 25.5 Å². The van der Waals surface area contributed by atoms with Crippen molar-refractivity contribution in [2.45, 2.75) is 26.8 Å². The number of nitrogens with zero attached hydrogens (tertiary/aromatic N) is 3. The van der Waals surface area contributed by atoms with Gasteiger partial charge in [-0.3, -0.25) is 15.6 Å². The van der Waals surface area contributed by atoms with Crippen molar-refractivity contribution in [3.8, 4) is 5.75 Å². The number of guanidine groups is 1. The largest absolute Gasteiger partial charge is 0.487 e. The smallest absolute Gasteiger partial charge is 0.196 e. The van der Waals surface area contributed by atoms with Crippen molar-refractivity contribution in [1.29, 1.82) is 10.8 Å². The van der Waals surface area contributed by atoms with Crippen LogP contribution in [0.15, 0.2) is 17.1 Å². The van der Waals surface area contributed by atoms with E-state index in [0.29, 0.717) is 60.7 Å². The molecule has 0 unspecified atom stereocenters. The Morgan fingerprint density at radius 1 is 1.28 bits per heavy atom. The van der Waals surface area contributed by atoms with Crippen molar-refractivity contribution < 1.29 is 9.13 Å². The van der Waals surface area contributed by atoms with Crippen LogP contribution in [0.4, 0.5) is 10.1 Å². The minimum atomic E-state index is -0.465. The molecule has 9 heteroatoms. The number of pyridine rings is 1. The molecule has 0 spiro atoms. The molecular formula is C20H25FN6O2. The number of benzene rings is 1. The minimum absolute atomic E-state index is 0.0513. The second-order valence-corrected chi connectivity index (χ2v) is 7.71. The van der Waals surface area contributed by atoms with E-state index in [1.54, 1.807) is 13.8 Å². The van der Waals surface area contributed by atoms with E-state index in [9.17, 15) is 4.79 Å². The number of nitrogens with one attached hydrogen (secondary N) is 3. The van der Waals surface area contributed by atoms with E-state index in [2.05, 4.69) is 5.32 Å². The number of ether oxygens (including phenoxy) is 1. The summed E-state index contributed by atoms with van der Waals surface area (Å²) in [6, 6.07) is 1.38. The molecule has 2 aliphatic heterocycles. The fraction of sp³-hybridized carbons (Fsp3) is 0.450. The number of amidine groups is 1. The first kappa shape index (κ1) is 19.2. The van der Waals surface area contributed by atoms with Gasteiger partial charge in [0.2, 0.25) is 0 Å². The fourth-order valence-corrected chi connectivity index (χ4v) is 4.05. The SMILES string of the molecule is CC(=N)NC(=N)N1CCN(c2c(F)cc3c(=O)c(C)cn4c3c2OC[C@@H]4C)CC1. The van der Waals surface area contributed by atoms with Crippen LogP contribution < -0.4 is 20.4 Å². The van der Waals surface area contributed by atoms with Crippen molar-refractivity contribution in [2.75, 3.05) is 37.7 Å². The molecule has 3 heterocycles. The third kappa shape index (κ3) is 3.20. The Labute approximate surface area is 167 Å². The molecule has 8 nitrogen and oxygen atoms in total. The highest BCUT2D eigenvalue weighted by Crippen LogP contribution is 2.42. The van der Waals surface area contributed by atoms with E-state index in [0.717, 1.165) is 0 Å². The molecule has 0 amide bonds. The third-order valence-electron chi connectivity index (χ3n) is 5.54. The Hall–Kier alpha value is -3.10. The highest BCUT2D eigenvalue weighted by Gasteiger charge is 2.30. The monoisotopic (exact) mass is 400 g/mol. The lowest BCUT2D eigenvalue weighted by Gasteiger charge is -2.39. The molecule has 0 bridgehead atoms. The topological polar surface area (TPSA) is 97.4 Å². The van der Waals surface area contributed by atoms with Crippen molar-refractivity contribution >= 4 is 28.4 Å². The summed E-state index contributed by atoms with van der Waals surface area (Å²) in [6.45, 7) is 7.81. The zero-order valence-corrected chi connectivity index (χ0v) is 16.8. The van der Waals surface area contributed by atoms with Crippen LogP contribution in [0.5, 0.6) is 5.75 Å². The van der Waals surface area contributed by atoms with Crippen molar-refractivity contribution in [1.82, 2.24) is 14.8 Å². The zero-order chi connectivity index (χ0) is 20.9. The number of hydrogen-bond donors (Lipinski definition) is 3. The predicted molar refractivity (Wildman–Crippen MR) is 111 cm³/mol. The number of anilines is 1. The summed E-state index contributed by atoms with van der Waals surface area (Å²) in [5.74, 6) is 0.338. The van der Waals surface area contributed by atoms with Crippen molar-refractivity contribution in [2.24, 2.45) is 0 Å². The summed E-state index contributed by atoms with van der Waals surface area (Å²) >= 11 is 0. The van der Waals surface area contributed by atoms with E-state index in [1.165, 1.54) is 6.07 Å². The summed E-state index contributed by atoms with van der Waals surface area (Å²) in [7, 11) is 0. The summed E-state index contributed by atoms with van der Waals surface area (Å²) in [5.41, 5.74) is 1.44. The molecule has 2 aromatic rings. The van der Waals surface area contributed by atoms with Crippen LogP contribution in [0.25, 0.3) is 10.9 Å². The molecule has 1 atom stereocenters. The molecule has 3 N–H and O–H groups in total. The summed E-state index contributed by atoms with van der Waals surface area (Å²) < 4.78 is 23.1. The Morgan fingerprint density at radius 3 is 2.62 bits per heavy atom. The molecule has 4 rings (SSSR count). The van der Waals surface area contributed by atoms with E-state index < -0.39 is 5.82 Å². The molecule has 29 heavy (non-hydrogen) atoms.